The molecule has 118 valence electrons. The van der Waals surface area contributed by atoms with Crippen LogP contribution in [0.15, 0.2) is 12.1 Å². The summed E-state index contributed by atoms with van der Waals surface area (Å²) in [7, 11) is 4.67. The number of ether oxygens (including phenoxy) is 3. The first-order valence-electron chi connectivity index (χ1n) is 6.46. The SMILES string of the molecule is COc1cc(OC)c(OC)cc1CNC(=O)c1snnc1C. The van der Waals surface area contributed by atoms with Crippen molar-refractivity contribution in [2.45, 2.75) is 13.5 Å². The number of hydrogen-bond acceptors (Lipinski definition) is 7. The quantitative estimate of drug-likeness (QED) is 0.873. The summed E-state index contributed by atoms with van der Waals surface area (Å²) in [5, 5.41) is 6.64. The van der Waals surface area contributed by atoms with E-state index < -0.39 is 0 Å². The molecule has 0 unspecified atom stereocenters. The highest BCUT2D eigenvalue weighted by Gasteiger charge is 2.15. The molecule has 1 heterocycles. The zero-order valence-corrected chi connectivity index (χ0v) is 13.6. The second-order valence-corrected chi connectivity index (χ2v) is 5.14. The Morgan fingerprint density at radius 1 is 1.14 bits per heavy atom. The van der Waals surface area contributed by atoms with Gasteiger partial charge in [0.1, 0.15) is 10.6 Å². The zero-order chi connectivity index (χ0) is 16.1. The molecular weight excluding hydrogens is 306 g/mol. The molecule has 7 nitrogen and oxygen atoms in total. The van der Waals surface area contributed by atoms with E-state index in [0.717, 1.165) is 17.1 Å². The average molecular weight is 323 g/mol. The summed E-state index contributed by atoms with van der Waals surface area (Å²) in [6.45, 7) is 2.04. The van der Waals surface area contributed by atoms with Crippen LogP contribution in [0.4, 0.5) is 0 Å². The number of methoxy groups -OCH3 is 3. The first kappa shape index (κ1) is 16.0. The Labute approximate surface area is 132 Å². The number of aryl methyl sites for hydroxylation is 1. The maximum atomic E-state index is 12.1. The molecule has 1 amide bonds. The van der Waals surface area contributed by atoms with E-state index in [1.807, 2.05) is 0 Å². The lowest BCUT2D eigenvalue weighted by Gasteiger charge is -2.14. The van der Waals surface area contributed by atoms with Gasteiger partial charge in [0.25, 0.3) is 5.91 Å². The van der Waals surface area contributed by atoms with Gasteiger partial charge < -0.3 is 19.5 Å². The lowest BCUT2D eigenvalue weighted by molar-refractivity contribution is 0.0954. The average Bonchev–Trinajstić information content (AvgIpc) is 2.97. The van der Waals surface area contributed by atoms with Crippen molar-refractivity contribution >= 4 is 17.4 Å². The molecule has 0 aliphatic rings. The Kier molecular flexibility index (Phi) is 5.16. The third kappa shape index (κ3) is 3.28. The van der Waals surface area contributed by atoms with Crippen LogP contribution in [0.2, 0.25) is 0 Å². The largest absolute Gasteiger partial charge is 0.496 e. The van der Waals surface area contributed by atoms with Crippen LogP contribution < -0.4 is 19.5 Å². The molecule has 0 spiro atoms. The number of benzene rings is 1. The minimum Gasteiger partial charge on any atom is -0.496 e. The molecule has 0 saturated carbocycles. The third-order valence-corrected chi connectivity index (χ3v) is 3.91. The number of nitrogens with one attached hydrogen (secondary N) is 1. The first-order chi connectivity index (χ1) is 10.6. The Morgan fingerprint density at radius 3 is 2.32 bits per heavy atom. The molecular formula is C14H17N3O4S. The predicted molar refractivity (Wildman–Crippen MR) is 81.9 cm³/mol. The molecule has 0 bridgehead atoms. The van der Waals surface area contributed by atoms with Crippen molar-refractivity contribution in [1.29, 1.82) is 0 Å². The van der Waals surface area contributed by atoms with Crippen molar-refractivity contribution in [2.75, 3.05) is 21.3 Å². The molecule has 8 heteroatoms. The molecule has 0 saturated heterocycles. The number of rotatable bonds is 6. The molecule has 2 rings (SSSR count). The Balaban J connectivity index is 2.18. The minimum atomic E-state index is -0.218. The van der Waals surface area contributed by atoms with Gasteiger partial charge >= 0.3 is 0 Å². The molecule has 1 aromatic heterocycles. The number of aromatic nitrogens is 2. The second kappa shape index (κ2) is 7.08. The summed E-state index contributed by atoms with van der Waals surface area (Å²) >= 11 is 1.07. The van der Waals surface area contributed by atoms with E-state index >= 15 is 0 Å². The van der Waals surface area contributed by atoms with Crippen LogP contribution in [-0.4, -0.2) is 36.8 Å². The van der Waals surface area contributed by atoms with Crippen LogP contribution >= 0.6 is 11.5 Å². The lowest BCUT2D eigenvalue weighted by atomic mass is 10.1. The van der Waals surface area contributed by atoms with E-state index in [4.69, 9.17) is 14.2 Å². The Morgan fingerprint density at radius 2 is 1.77 bits per heavy atom. The molecule has 0 aliphatic carbocycles. The highest BCUT2D eigenvalue weighted by molar-refractivity contribution is 7.07. The Hall–Kier alpha value is -2.35. The molecule has 0 radical (unpaired) electrons. The predicted octanol–water partition coefficient (Wildman–Crippen LogP) is 1.80. The third-order valence-electron chi connectivity index (χ3n) is 3.08. The topological polar surface area (TPSA) is 82.6 Å². The summed E-state index contributed by atoms with van der Waals surface area (Å²) in [4.78, 5) is 12.6. The van der Waals surface area contributed by atoms with Gasteiger partial charge in [0.15, 0.2) is 11.5 Å². The molecule has 22 heavy (non-hydrogen) atoms. The maximum absolute atomic E-state index is 12.1. The number of carbonyl (C=O) groups excluding carboxylic acids is 1. The summed E-state index contributed by atoms with van der Waals surface area (Å²) in [6.07, 6.45) is 0. The van der Waals surface area contributed by atoms with Crippen LogP contribution in [0.3, 0.4) is 0 Å². The van der Waals surface area contributed by atoms with Gasteiger partial charge in [-0.1, -0.05) is 4.49 Å². The summed E-state index contributed by atoms with van der Waals surface area (Å²) in [5.74, 6) is 1.53. The van der Waals surface area contributed by atoms with Gasteiger partial charge in [0.05, 0.1) is 27.0 Å². The van der Waals surface area contributed by atoms with E-state index in [-0.39, 0.29) is 5.91 Å². The van der Waals surface area contributed by atoms with Gasteiger partial charge in [-0.25, -0.2) is 0 Å². The first-order valence-corrected chi connectivity index (χ1v) is 7.24. The van der Waals surface area contributed by atoms with Crippen molar-refractivity contribution < 1.29 is 19.0 Å². The maximum Gasteiger partial charge on any atom is 0.265 e. The van der Waals surface area contributed by atoms with E-state index in [0.29, 0.717) is 34.4 Å². The monoisotopic (exact) mass is 323 g/mol. The molecule has 0 atom stereocenters. The summed E-state index contributed by atoms with van der Waals surface area (Å²) in [5.41, 5.74) is 1.39. The van der Waals surface area contributed by atoms with Gasteiger partial charge in [-0.05, 0) is 24.5 Å². The van der Waals surface area contributed by atoms with Crippen LogP contribution in [0.5, 0.6) is 17.2 Å². The van der Waals surface area contributed by atoms with Crippen molar-refractivity contribution in [1.82, 2.24) is 14.9 Å². The number of nitrogens with zero attached hydrogens (tertiary/aromatic N) is 2. The summed E-state index contributed by atoms with van der Waals surface area (Å²) < 4.78 is 19.6. The van der Waals surface area contributed by atoms with Crippen molar-refractivity contribution in [3.8, 4) is 17.2 Å². The summed E-state index contributed by atoms with van der Waals surface area (Å²) in [6, 6.07) is 3.50. The fourth-order valence-electron chi connectivity index (χ4n) is 1.93. The highest BCUT2D eigenvalue weighted by atomic mass is 32.1. The standard InChI is InChI=1S/C14H17N3O4S/c1-8-13(22-17-16-8)14(18)15-7-9-5-11(20-3)12(21-4)6-10(9)19-2/h5-6H,7H2,1-4H3,(H,15,18). The van der Waals surface area contributed by atoms with Crippen LogP contribution in [0.25, 0.3) is 0 Å². The fourth-order valence-corrected chi connectivity index (χ4v) is 2.50. The van der Waals surface area contributed by atoms with E-state index in [1.165, 1.54) is 0 Å². The highest BCUT2D eigenvalue weighted by Crippen LogP contribution is 2.34. The second-order valence-electron chi connectivity index (χ2n) is 4.39. The van der Waals surface area contributed by atoms with E-state index in [1.54, 1.807) is 40.4 Å². The smallest absolute Gasteiger partial charge is 0.265 e. The van der Waals surface area contributed by atoms with Crippen molar-refractivity contribution in [2.24, 2.45) is 0 Å². The molecule has 1 aromatic carbocycles. The Bertz CT molecular complexity index is 672. The van der Waals surface area contributed by atoms with Gasteiger partial charge in [0.2, 0.25) is 0 Å². The van der Waals surface area contributed by atoms with Crippen LogP contribution in [-0.2, 0) is 6.54 Å². The lowest BCUT2D eigenvalue weighted by Crippen LogP contribution is -2.23. The number of hydrogen-bond donors (Lipinski definition) is 1. The molecule has 2 aromatic rings. The van der Waals surface area contributed by atoms with Gasteiger partial charge in [-0.15, -0.1) is 5.10 Å². The van der Waals surface area contributed by atoms with Crippen LogP contribution in [0.1, 0.15) is 20.9 Å². The minimum absolute atomic E-state index is 0.218. The molecule has 1 N–H and O–H groups in total. The zero-order valence-electron chi connectivity index (χ0n) is 12.8. The number of amides is 1. The normalized spacial score (nSPS) is 10.2. The van der Waals surface area contributed by atoms with Crippen LogP contribution in [0, 0.1) is 6.92 Å². The van der Waals surface area contributed by atoms with Crippen molar-refractivity contribution in [3.63, 3.8) is 0 Å². The molecule has 0 aliphatic heterocycles. The van der Waals surface area contributed by atoms with Crippen molar-refractivity contribution in [3.05, 3.63) is 28.3 Å². The van der Waals surface area contributed by atoms with Gasteiger partial charge in [-0.2, -0.15) is 0 Å². The fraction of sp³-hybridized carbons (Fsp3) is 0.357. The molecule has 0 fully saturated rings. The van der Waals surface area contributed by atoms with E-state index in [9.17, 15) is 4.79 Å². The van der Waals surface area contributed by atoms with Gasteiger partial charge in [-0.3, -0.25) is 4.79 Å². The van der Waals surface area contributed by atoms with E-state index in [2.05, 4.69) is 14.9 Å². The number of carbonyl (C=O) groups is 1. The van der Waals surface area contributed by atoms with Gasteiger partial charge in [0, 0.05) is 18.2 Å².